The molecule has 0 bridgehead atoms. The molecule has 3 unspecified atom stereocenters. The zero-order valence-electron chi connectivity index (χ0n) is 19.3. The number of rotatable bonds is 5. The number of aryl methyl sites for hydroxylation is 2. The number of anilines is 1. The Morgan fingerprint density at radius 3 is 2.75 bits per heavy atom. The zero-order chi connectivity index (χ0) is 22.7. The molecule has 1 fully saturated rings. The van der Waals surface area contributed by atoms with Crippen molar-refractivity contribution in [1.82, 2.24) is 4.98 Å². The second-order valence-corrected chi connectivity index (χ2v) is 9.74. The predicted molar refractivity (Wildman–Crippen MR) is 135 cm³/mol. The maximum absolute atomic E-state index is 6.26. The van der Waals surface area contributed by atoms with Crippen LogP contribution in [-0.2, 0) is 0 Å². The average Bonchev–Trinajstić information content (AvgIpc) is 3.22. The van der Waals surface area contributed by atoms with E-state index >= 15 is 0 Å². The molecular formula is C26H32N4OS. The molecule has 0 radical (unpaired) electrons. The van der Waals surface area contributed by atoms with E-state index in [2.05, 4.69) is 45.1 Å². The van der Waals surface area contributed by atoms with E-state index in [-0.39, 0.29) is 6.04 Å². The summed E-state index contributed by atoms with van der Waals surface area (Å²) in [6.45, 7) is 8.73. The number of hydrogen-bond donors (Lipinski definition) is 2. The van der Waals surface area contributed by atoms with Gasteiger partial charge in [0.15, 0.2) is 11.1 Å². The van der Waals surface area contributed by atoms with Crippen molar-refractivity contribution in [2.45, 2.75) is 53.0 Å². The zero-order valence-corrected chi connectivity index (χ0v) is 20.1. The van der Waals surface area contributed by atoms with Gasteiger partial charge in [-0.1, -0.05) is 56.5 Å². The Balaban J connectivity index is 1.51. The van der Waals surface area contributed by atoms with Gasteiger partial charge in [-0.3, -0.25) is 0 Å². The number of nitrogens with zero attached hydrogens (tertiary/aromatic N) is 2. The van der Waals surface area contributed by atoms with Crippen molar-refractivity contribution in [3.05, 3.63) is 59.0 Å². The average molecular weight is 449 g/mol. The molecule has 6 heteroatoms. The molecule has 168 valence electrons. The molecule has 0 amide bonds. The van der Waals surface area contributed by atoms with E-state index in [9.17, 15) is 0 Å². The van der Waals surface area contributed by atoms with Crippen molar-refractivity contribution in [3.63, 3.8) is 0 Å². The van der Waals surface area contributed by atoms with Gasteiger partial charge in [0.05, 0.1) is 11.7 Å². The van der Waals surface area contributed by atoms with E-state index in [4.69, 9.17) is 20.4 Å². The Morgan fingerprint density at radius 1 is 1.12 bits per heavy atom. The van der Waals surface area contributed by atoms with E-state index in [0.29, 0.717) is 17.8 Å². The molecule has 3 aromatic rings. The first-order valence-corrected chi connectivity index (χ1v) is 12.2. The van der Waals surface area contributed by atoms with Crippen LogP contribution in [0.5, 0.6) is 11.5 Å². The topological polar surface area (TPSA) is 72.5 Å². The standard InChI is InChI=1S/C26H32N4OS/c1-16-12-13-23(18(3)14-16)31-24-11-6-5-9-20(24)22-15-32-26(29-22)30-25(27)28-21-10-7-8-17(2)19(21)4/h5-6,9,11-15,17,19,21H,7-8,10H2,1-4H3,(H3,27,28,29,30). The van der Waals surface area contributed by atoms with Gasteiger partial charge in [-0.15, -0.1) is 11.3 Å². The van der Waals surface area contributed by atoms with Crippen LogP contribution in [0.2, 0.25) is 0 Å². The number of nitrogens with two attached hydrogens (primary N) is 1. The van der Waals surface area contributed by atoms with Crippen molar-refractivity contribution >= 4 is 22.4 Å². The summed E-state index contributed by atoms with van der Waals surface area (Å²) in [6, 6.07) is 14.5. The second kappa shape index (κ2) is 9.74. The Labute approximate surface area is 194 Å². The summed E-state index contributed by atoms with van der Waals surface area (Å²) in [4.78, 5) is 9.51. The molecule has 0 aliphatic heterocycles. The van der Waals surface area contributed by atoms with Crippen molar-refractivity contribution in [2.24, 2.45) is 22.6 Å². The quantitative estimate of drug-likeness (QED) is 0.334. The summed E-state index contributed by atoms with van der Waals surface area (Å²) >= 11 is 1.52. The molecule has 3 atom stereocenters. The Hall–Kier alpha value is -2.86. The minimum absolute atomic E-state index is 0.276. The van der Waals surface area contributed by atoms with Crippen molar-refractivity contribution in [2.75, 3.05) is 5.32 Å². The third kappa shape index (κ3) is 5.13. The largest absolute Gasteiger partial charge is 0.456 e. The summed E-state index contributed by atoms with van der Waals surface area (Å²) in [5, 5.41) is 5.95. The Bertz CT molecular complexity index is 1110. The highest BCUT2D eigenvalue weighted by Crippen LogP contribution is 2.36. The smallest absolute Gasteiger partial charge is 0.195 e. The van der Waals surface area contributed by atoms with Gasteiger partial charge >= 0.3 is 0 Å². The molecule has 2 aromatic carbocycles. The fourth-order valence-electron chi connectivity index (χ4n) is 4.31. The van der Waals surface area contributed by atoms with E-state index in [1.54, 1.807) is 0 Å². The summed E-state index contributed by atoms with van der Waals surface area (Å²) in [6.07, 6.45) is 3.59. The van der Waals surface area contributed by atoms with Crippen LogP contribution < -0.4 is 15.8 Å². The molecule has 0 saturated heterocycles. The number of aromatic nitrogens is 1. The molecule has 1 heterocycles. The molecule has 1 aromatic heterocycles. The molecular weight excluding hydrogens is 416 g/mol. The van der Waals surface area contributed by atoms with Crippen LogP contribution in [0.1, 0.15) is 44.2 Å². The Kier molecular flexibility index (Phi) is 6.80. The number of thiazole rings is 1. The minimum Gasteiger partial charge on any atom is -0.456 e. The molecule has 32 heavy (non-hydrogen) atoms. The third-order valence-corrected chi connectivity index (χ3v) is 7.18. The van der Waals surface area contributed by atoms with Gasteiger partial charge in [0.25, 0.3) is 0 Å². The number of guanidine groups is 1. The molecule has 1 saturated carbocycles. The maximum Gasteiger partial charge on any atom is 0.195 e. The molecule has 0 spiro atoms. The minimum atomic E-state index is 0.276. The lowest BCUT2D eigenvalue weighted by atomic mass is 9.78. The lowest BCUT2D eigenvalue weighted by Crippen LogP contribution is -2.32. The van der Waals surface area contributed by atoms with Crippen LogP contribution in [0.15, 0.2) is 52.8 Å². The van der Waals surface area contributed by atoms with E-state index in [0.717, 1.165) is 39.9 Å². The van der Waals surface area contributed by atoms with Gasteiger partial charge in [-0.25, -0.2) is 9.98 Å². The van der Waals surface area contributed by atoms with E-state index < -0.39 is 0 Å². The summed E-state index contributed by atoms with van der Waals surface area (Å²) in [5.74, 6) is 3.30. The summed E-state index contributed by atoms with van der Waals surface area (Å²) in [5.41, 5.74) is 10.4. The normalized spacial score (nSPS) is 21.4. The van der Waals surface area contributed by atoms with Crippen LogP contribution in [0.25, 0.3) is 11.3 Å². The van der Waals surface area contributed by atoms with Crippen LogP contribution >= 0.6 is 11.3 Å². The molecule has 3 N–H and O–H groups in total. The first-order valence-electron chi connectivity index (χ1n) is 11.3. The van der Waals surface area contributed by atoms with Crippen molar-refractivity contribution < 1.29 is 4.74 Å². The SMILES string of the molecule is Cc1ccc(Oc2ccccc2-c2csc(NC(N)=NC3CCCC(C)C3C)n2)c(C)c1. The second-order valence-electron chi connectivity index (χ2n) is 8.88. The maximum atomic E-state index is 6.26. The highest BCUT2D eigenvalue weighted by molar-refractivity contribution is 7.14. The van der Waals surface area contributed by atoms with E-state index in [1.807, 2.05) is 35.7 Å². The fraction of sp³-hybridized carbons (Fsp3) is 0.385. The molecule has 4 rings (SSSR count). The number of benzene rings is 2. The summed E-state index contributed by atoms with van der Waals surface area (Å²) < 4.78 is 6.26. The number of para-hydroxylation sites is 1. The number of hydrogen-bond acceptors (Lipinski definition) is 4. The first-order chi connectivity index (χ1) is 15.4. The number of aliphatic imine (C=N–C) groups is 1. The molecule has 5 nitrogen and oxygen atoms in total. The van der Waals surface area contributed by atoms with Gasteiger partial charge in [0, 0.05) is 10.9 Å². The van der Waals surface area contributed by atoms with Gasteiger partial charge in [-0.05, 0) is 55.9 Å². The summed E-state index contributed by atoms with van der Waals surface area (Å²) in [7, 11) is 0. The number of ether oxygens (including phenoxy) is 1. The van der Waals surface area contributed by atoms with Gasteiger partial charge < -0.3 is 15.8 Å². The Morgan fingerprint density at radius 2 is 1.94 bits per heavy atom. The number of nitrogens with one attached hydrogen (secondary N) is 1. The lowest BCUT2D eigenvalue weighted by molar-refractivity contribution is 0.241. The van der Waals surface area contributed by atoms with Crippen LogP contribution in [-0.4, -0.2) is 17.0 Å². The van der Waals surface area contributed by atoms with Gasteiger partial charge in [0.2, 0.25) is 0 Å². The fourth-order valence-corrected chi connectivity index (χ4v) is 5.03. The first kappa shape index (κ1) is 22.3. The molecule has 1 aliphatic carbocycles. The highest BCUT2D eigenvalue weighted by Gasteiger charge is 2.27. The monoisotopic (exact) mass is 448 g/mol. The third-order valence-electron chi connectivity index (χ3n) is 6.42. The molecule has 1 aliphatic rings. The van der Waals surface area contributed by atoms with Crippen molar-refractivity contribution in [3.8, 4) is 22.8 Å². The van der Waals surface area contributed by atoms with Crippen LogP contribution in [0, 0.1) is 25.7 Å². The predicted octanol–water partition coefficient (Wildman–Crippen LogP) is 6.77. The van der Waals surface area contributed by atoms with Crippen LogP contribution in [0.4, 0.5) is 5.13 Å². The lowest BCUT2D eigenvalue weighted by Gasteiger charge is -2.31. The highest BCUT2D eigenvalue weighted by atomic mass is 32.1. The van der Waals surface area contributed by atoms with Gasteiger partial charge in [0.1, 0.15) is 11.5 Å². The van der Waals surface area contributed by atoms with Crippen LogP contribution in [0.3, 0.4) is 0 Å². The van der Waals surface area contributed by atoms with Gasteiger partial charge in [-0.2, -0.15) is 0 Å². The van der Waals surface area contributed by atoms with E-state index in [1.165, 1.54) is 29.7 Å². The van der Waals surface area contributed by atoms with Crippen molar-refractivity contribution in [1.29, 1.82) is 0 Å².